The lowest BCUT2D eigenvalue weighted by molar-refractivity contribution is 0.317. The lowest BCUT2D eigenvalue weighted by atomic mass is 10.1. The van der Waals surface area contributed by atoms with E-state index < -0.39 is 0 Å². The van der Waals surface area contributed by atoms with Crippen molar-refractivity contribution in [2.24, 2.45) is 0 Å². The molecule has 0 radical (unpaired) electrons. The van der Waals surface area contributed by atoms with Crippen molar-refractivity contribution in [1.29, 1.82) is 5.26 Å². The van der Waals surface area contributed by atoms with E-state index in [-0.39, 0.29) is 0 Å². The number of nitriles is 1. The van der Waals surface area contributed by atoms with Gasteiger partial charge in [-0.2, -0.15) is 5.26 Å². The number of aromatic nitrogens is 2. The van der Waals surface area contributed by atoms with Crippen LogP contribution in [-0.2, 0) is 0 Å². The smallest absolute Gasteiger partial charge is 0.152 e. The van der Waals surface area contributed by atoms with E-state index in [2.05, 4.69) is 18.0 Å². The van der Waals surface area contributed by atoms with Gasteiger partial charge in [0, 0.05) is 11.3 Å². The SMILES string of the molecule is CCCOc1ccc(-c2nc3cccc(C)n3c2C#N)cc1. The molecule has 0 aliphatic rings. The van der Waals surface area contributed by atoms with Crippen LogP contribution in [0.2, 0.25) is 0 Å². The summed E-state index contributed by atoms with van der Waals surface area (Å²) in [4.78, 5) is 4.61. The summed E-state index contributed by atoms with van der Waals surface area (Å²) in [6.07, 6.45) is 0.978. The van der Waals surface area contributed by atoms with Crippen LogP contribution < -0.4 is 4.74 Å². The minimum Gasteiger partial charge on any atom is -0.494 e. The van der Waals surface area contributed by atoms with Crippen LogP contribution in [-0.4, -0.2) is 16.0 Å². The van der Waals surface area contributed by atoms with Gasteiger partial charge in [0.05, 0.1) is 6.61 Å². The Hall–Kier alpha value is -2.80. The Balaban J connectivity index is 2.07. The van der Waals surface area contributed by atoms with Crippen molar-refractivity contribution in [2.45, 2.75) is 20.3 Å². The van der Waals surface area contributed by atoms with Gasteiger partial charge in [0.1, 0.15) is 23.2 Å². The van der Waals surface area contributed by atoms with Gasteiger partial charge in [-0.1, -0.05) is 13.0 Å². The van der Waals surface area contributed by atoms with Gasteiger partial charge in [-0.05, 0) is 49.7 Å². The summed E-state index contributed by atoms with van der Waals surface area (Å²) < 4.78 is 7.48. The molecule has 0 unspecified atom stereocenters. The predicted molar refractivity (Wildman–Crippen MR) is 85.9 cm³/mol. The second-order valence-corrected chi connectivity index (χ2v) is 5.15. The average Bonchev–Trinajstić information content (AvgIpc) is 2.93. The van der Waals surface area contributed by atoms with Gasteiger partial charge in [-0.25, -0.2) is 4.98 Å². The molecule has 0 N–H and O–H groups in total. The molecule has 110 valence electrons. The first kappa shape index (κ1) is 14.2. The summed E-state index contributed by atoms with van der Waals surface area (Å²) in [6, 6.07) is 15.8. The molecule has 0 bridgehead atoms. The first-order valence-corrected chi connectivity index (χ1v) is 7.36. The van der Waals surface area contributed by atoms with Crippen LogP contribution in [0.3, 0.4) is 0 Å². The number of aryl methyl sites for hydroxylation is 1. The molecule has 0 aliphatic heterocycles. The van der Waals surface area contributed by atoms with Crippen molar-refractivity contribution in [3.05, 3.63) is 53.9 Å². The highest BCUT2D eigenvalue weighted by atomic mass is 16.5. The van der Waals surface area contributed by atoms with Crippen molar-refractivity contribution in [2.75, 3.05) is 6.61 Å². The quantitative estimate of drug-likeness (QED) is 0.730. The van der Waals surface area contributed by atoms with Crippen molar-refractivity contribution in [1.82, 2.24) is 9.38 Å². The van der Waals surface area contributed by atoms with Crippen molar-refractivity contribution in [3.63, 3.8) is 0 Å². The maximum Gasteiger partial charge on any atom is 0.152 e. The summed E-state index contributed by atoms with van der Waals surface area (Å²) in [6.45, 7) is 4.75. The Kier molecular flexibility index (Phi) is 3.80. The van der Waals surface area contributed by atoms with E-state index in [0.717, 1.165) is 29.1 Å². The number of benzene rings is 1. The first-order valence-electron chi connectivity index (χ1n) is 7.36. The minimum absolute atomic E-state index is 0.565. The number of hydrogen-bond donors (Lipinski definition) is 0. The Morgan fingerprint density at radius 1 is 1.18 bits per heavy atom. The molecule has 0 saturated carbocycles. The molecule has 4 heteroatoms. The molecule has 0 fully saturated rings. The third kappa shape index (κ3) is 2.42. The highest BCUT2D eigenvalue weighted by molar-refractivity contribution is 5.70. The Morgan fingerprint density at radius 2 is 1.95 bits per heavy atom. The van der Waals surface area contributed by atoms with E-state index in [1.165, 1.54) is 0 Å². The molecule has 0 spiro atoms. The average molecular weight is 291 g/mol. The van der Waals surface area contributed by atoms with E-state index in [4.69, 9.17) is 4.74 Å². The summed E-state index contributed by atoms with van der Waals surface area (Å²) in [7, 11) is 0. The molecule has 3 aromatic rings. The van der Waals surface area contributed by atoms with Crippen molar-refractivity contribution in [3.8, 4) is 23.1 Å². The summed E-state index contributed by atoms with van der Waals surface area (Å²) in [5, 5.41) is 9.53. The number of ether oxygens (including phenoxy) is 1. The molecule has 3 rings (SSSR count). The second-order valence-electron chi connectivity index (χ2n) is 5.15. The summed E-state index contributed by atoms with van der Waals surface area (Å²) in [5.41, 5.74) is 3.98. The molecule has 2 aromatic heterocycles. The van der Waals surface area contributed by atoms with Crippen LogP contribution in [0.15, 0.2) is 42.5 Å². The molecular formula is C18H17N3O. The van der Waals surface area contributed by atoms with E-state index in [1.807, 2.05) is 53.8 Å². The highest BCUT2D eigenvalue weighted by Gasteiger charge is 2.14. The third-order valence-electron chi connectivity index (χ3n) is 3.55. The van der Waals surface area contributed by atoms with Crippen molar-refractivity contribution < 1.29 is 4.74 Å². The Morgan fingerprint density at radius 3 is 2.64 bits per heavy atom. The zero-order valence-electron chi connectivity index (χ0n) is 12.7. The molecule has 4 nitrogen and oxygen atoms in total. The van der Waals surface area contributed by atoms with Crippen LogP contribution in [0, 0.1) is 18.3 Å². The van der Waals surface area contributed by atoms with E-state index in [9.17, 15) is 5.26 Å². The van der Waals surface area contributed by atoms with Gasteiger partial charge in [0.2, 0.25) is 0 Å². The second kappa shape index (κ2) is 5.90. The summed E-state index contributed by atoms with van der Waals surface area (Å²) >= 11 is 0. The molecule has 0 amide bonds. The van der Waals surface area contributed by atoms with Gasteiger partial charge in [0.15, 0.2) is 5.69 Å². The van der Waals surface area contributed by atoms with Gasteiger partial charge in [-0.3, -0.25) is 4.40 Å². The zero-order chi connectivity index (χ0) is 15.5. The molecule has 22 heavy (non-hydrogen) atoms. The molecule has 0 atom stereocenters. The maximum absolute atomic E-state index is 9.53. The number of imidazole rings is 1. The lowest BCUT2D eigenvalue weighted by Crippen LogP contribution is -1.95. The van der Waals surface area contributed by atoms with Crippen molar-refractivity contribution >= 4 is 5.65 Å². The van der Waals surface area contributed by atoms with E-state index >= 15 is 0 Å². The fourth-order valence-corrected chi connectivity index (χ4v) is 2.49. The van der Waals surface area contributed by atoms with Crippen LogP contribution in [0.25, 0.3) is 16.9 Å². The standard InChI is InChI=1S/C18H17N3O/c1-3-11-22-15-9-7-14(8-10-15)18-16(12-19)21-13(2)5-4-6-17(21)20-18/h4-10H,3,11H2,1-2H3. The lowest BCUT2D eigenvalue weighted by Gasteiger charge is -2.05. The van der Waals surface area contributed by atoms with Gasteiger partial charge >= 0.3 is 0 Å². The largest absolute Gasteiger partial charge is 0.494 e. The van der Waals surface area contributed by atoms with Crippen LogP contribution in [0.5, 0.6) is 5.75 Å². The molecular weight excluding hydrogens is 274 g/mol. The van der Waals surface area contributed by atoms with Gasteiger partial charge in [-0.15, -0.1) is 0 Å². The number of rotatable bonds is 4. The van der Waals surface area contributed by atoms with Crippen LogP contribution in [0.4, 0.5) is 0 Å². The molecule has 2 heterocycles. The fraction of sp³-hybridized carbons (Fsp3) is 0.222. The number of hydrogen-bond acceptors (Lipinski definition) is 3. The number of fused-ring (bicyclic) bond motifs is 1. The highest BCUT2D eigenvalue weighted by Crippen LogP contribution is 2.26. The minimum atomic E-state index is 0.565. The van der Waals surface area contributed by atoms with Gasteiger partial charge < -0.3 is 4.74 Å². The van der Waals surface area contributed by atoms with E-state index in [0.29, 0.717) is 18.0 Å². The number of pyridine rings is 1. The molecule has 1 aromatic carbocycles. The monoisotopic (exact) mass is 291 g/mol. The van der Waals surface area contributed by atoms with Crippen LogP contribution >= 0.6 is 0 Å². The molecule has 0 aliphatic carbocycles. The zero-order valence-corrected chi connectivity index (χ0v) is 12.7. The topological polar surface area (TPSA) is 50.3 Å². The molecule has 0 saturated heterocycles. The third-order valence-corrected chi connectivity index (χ3v) is 3.55. The Labute approximate surface area is 129 Å². The van der Waals surface area contributed by atoms with Crippen LogP contribution in [0.1, 0.15) is 24.7 Å². The first-order chi connectivity index (χ1) is 10.7. The maximum atomic E-state index is 9.53. The van der Waals surface area contributed by atoms with E-state index in [1.54, 1.807) is 0 Å². The fourth-order valence-electron chi connectivity index (χ4n) is 2.49. The van der Waals surface area contributed by atoms with Gasteiger partial charge in [0.25, 0.3) is 0 Å². The predicted octanol–water partition coefficient (Wildman–Crippen LogP) is 3.97. The Bertz CT molecular complexity index is 841. The summed E-state index contributed by atoms with van der Waals surface area (Å²) in [5.74, 6) is 0.837. The normalized spacial score (nSPS) is 10.6. The number of nitrogens with zero attached hydrogens (tertiary/aromatic N) is 3.